The molecule has 0 spiro atoms. The Morgan fingerprint density at radius 3 is 2.42 bits per heavy atom. The summed E-state index contributed by atoms with van der Waals surface area (Å²) < 4.78 is 33.9. The van der Waals surface area contributed by atoms with Gasteiger partial charge in [-0.1, -0.05) is 42.5 Å². The van der Waals surface area contributed by atoms with Crippen LogP contribution in [0.4, 0.5) is 5.69 Å². The summed E-state index contributed by atoms with van der Waals surface area (Å²) in [5.41, 5.74) is -0.695. The number of nitro benzene ring substituents is 1. The van der Waals surface area contributed by atoms with Gasteiger partial charge in [-0.2, -0.15) is 0 Å². The lowest BCUT2D eigenvalue weighted by Crippen LogP contribution is -2.48. The SMILES string of the molecule is O=C1[C@H]2[C@@H]3C=C[C@](CNS(=O)(=O)c4ccc([N+](=O)[O-])cc4)(O3)[C@@H]2C(=O)N1Cc1ccccc1. The fourth-order valence-corrected chi connectivity index (χ4v) is 5.80. The third-order valence-corrected chi connectivity index (χ3v) is 7.74. The zero-order chi connectivity index (χ0) is 23.4. The maximum atomic E-state index is 13.2. The molecular formula is C22H19N3O7S. The Hall–Kier alpha value is -3.41. The number of ether oxygens (including phenoxy) is 1. The van der Waals surface area contributed by atoms with E-state index in [0.717, 1.165) is 29.8 Å². The van der Waals surface area contributed by atoms with Gasteiger partial charge in [0, 0.05) is 18.7 Å². The maximum absolute atomic E-state index is 13.2. The minimum atomic E-state index is -4.04. The molecule has 0 aromatic heterocycles. The van der Waals surface area contributed by atoms with Gasteiger partial charge >= 0.3 is 0 Å². The number of non-ortho nitro benzene ring substituents is 1. The fourth-order valence-electron chi connectivity index (χ4n) is 4.73. The summed E-state index contributed by atoms with van der Waals surface area (Å²) in [7, 11) is -4.04. The first kappa shape index (κ1) is 21.4. The van der Waals surface area contributed by atoms with E-state index in [0.29, 0.717) is 0 Å². The number of nitrogens with zero attached hydrogens (tertiary/aromatic N) is 2. The van der Waals surface area contributed by atoms with Gasteiger partial charge in [0.15, 0.2) is 0 Å². The van der Waals surface area contributed by atoms with Crippen molar-refractivity contribution >= 4 is 27.5 Å². The highest BCUT2D eigenvalue weighted by Gasteiger charge is 2.67. The minimum absolute atomic E-state index is 0.142. The van der Waals surface area contributed by atoms with Gasteiger partial charge in [-0.15, -0.1) is 0 Å². The molecule has 10 nitrogen and oxygen atoms in total. The molecule has 0 unspecified atom stereocenters. The number of carbonyl (C=O) groups is 2. The Balaban J connectivity index is 1.36. The number of likely N-dealkylation sites (tertiary alicyclic amines) is 1. The van der Waals surface area contributed by atoms with Crippen molar-refractivity contribution in [3.63, 3.8) is 0 Å². The molecule has 1 N–H and O–H groups in total. The topological polar surface area (TPSA) is 136 Å². The second-order valence-electron chi connectivity index (χ2n) is 8.22. The van der Waals surface area contributed by atoms with E-state index in [1.165, 1.54) is 4.90 Å². The average Bonchev–Trinajstić information content (AvgIpc) is 3.45. The lowest BCUT2D eigenvalue weighted by Gasteiger charge is -2.29. The van der Waals surface area contributed by atoms with E-state index in [2.05, 4.69) is 4.72 Å². The summed E-state index contributed by atoms with van der Waals surface area (Å²) >= 11 is 0. The molecule has 5 rings (SSSR count). The predicted octanol–water partition coefficient (Wildman–Crippen LogP) is 1.38. The highest BCUT2D eigenvalue weighted by atomic mass is 32.2. The maximum Gasteiger partial charge on any atom is 0.269 e. The number of hydrogen-bond acceptors (Lipinski definition) is 7. The molecule has 3 heterocycles. The molecule has 2 fully saturated rings. The summed E-state index contributed by atoms with van der Waals surface area (Å²) in [6.07, 6.45) is 2.74. The smallest absolute Gasteiger partial charge is 0.269 e. The second-order valence-corrected chi connectivity index (χ2v) is 9.99. The van der Waals surface area contributed by atoms with Crippen LogP contribution in [-0.2, 0) is 30.9 Å². The van der Waals surface area contributed by atoms with Crippen molar-refractivity contribution in [2.24, 2.45) is 11.8 Å². The number of rotatable bonds is 7. The first-order valence-electron chi connectivity index (χ1n) is 10.2. The molecule has 11 heteroatoms. The van der Waals surface area contributed by atoms with Crippen LogP contribution in [0.25, 0.3) is 0 Å². The summed E-state index contributed by atoms with van der Waals surface area (Å²) in [6, 6.07) is 13.6. The van der Waals surface area contributed by atoms with Gasteiger partial charge in [0.1, 0.15) is 5.60 Å². The number of benzene rings is 2. The zero-order valence-corrected chi connectivity index (χ0v) is 18.0. The molecule has 170 valence electrons. The van der Waals surface area contributed by atoms with E-state index in [9.17, 15) is 28.1 Å². The molecular weight excluding hydrogens is 450 g/mol. The summed E-state index contributed by atoms with van der Waals surface area (Å²) in [5, 5.41) is 10.8. The van der Waals surface area contributed by atoms with Crippen molar-refractivity contribution < 1.29 is 27.7 Å². The van der Waals surface area contributed by atoms with Crippen molar-refractivity contribution in [1.29, 1.82) is 0 Å². The molecule has 33 heavy (non-hydrogen) atoms. The Kier molecular flexibility index (Phi) is 4.92. The third-order valence-electron chi connectivity index (χ3n) is 6.33. The second kappa shape index (κ2) is 7.58. The van der Waals surface area contributed by atoms with Gasteiger partial charge in [0.05, 0.1) is 34.3 Å². The largest absolute Gasteiger partial charge is 0.361 e. The van der Waals surface area contributed by atoms with E-state index in [4.69, 9.17) is 4.74 Å². The van der Waals surface area contributed by atoms with Gasteiger partial charge in [-0.05, 0) is 17.7 Å². The Labute approximate surface area is 189 Å². The Bertz CT molecular complexity index is 1280. The molecule has 0 radical (unpaired) electrons. The lowest BCUT2D eigenvalue weighted by atomic mass is 9.77. The number of nitro groups is 1. The monoisotopic (exact) mass is 469 g/mol. The van der Waals surface area contributed by atoms with Gasteiger partial charge in [-0.25, -0.2) is 13.1 Å². The van der Waals surface area contributed by atoms with Crippen molar-refractivity contribution in [3.05, 3.63) is 82.4 Å². The first-order valence-corrected chi connectivity index (χ1v) is 11.7. The quantitative estimate of drug-likeness (QED) is 0.280. The fraction of sp³-hybridized carbons (Fsp3) is 0.273. The van der Waals surface area contributed by atoms with Crippen LogP contribution in [0, 0.1) is 22.0 Å². The molecule has 3 aliphatic heterocycles. The summed E-state index contributed by atoms with van der Waals surface area (Å²) in [6.45, 7) is -0.110. The molecule has 2 bridgehead atoms. The van der Waals surface area contributed by atoms with Crippen LogP contribution in [0.3, 0.4) is 0 Å². The van der Waals surface area contributed by atoms with E-state index in [-0.39, 0.29) is 29.6 Å². The van der Waals surface area contributed by atoms with Crippen molar-refractivity contribution in [3.8, 4) is 0 Å². The number of amides is 2. The normalized spacial score (nSPS) is 27.9. The lowest BCUT2D eigenvalue weighted by molar-refractivity contribution is -0.384. The number of nitrogens with one attached hydrogen (secondary N) is 1. The Morgan fingerprint density at radius 1 is 1.06 bits per heavy atom. The minimum Gasteiger partial charge on any atom is -0.361 e. The number of carbonyl (C=O) groups excluding carboxylic acids is 2. The van der Waals surface area contributed by atoms with E-state index >= 15 is 0 Å². The molecule has 2 amide bonds. The predicted molar refractivity (Wildman–Crippen MR) is 114 cm³/mol. The molecule has 0 aliphatic carbocycles. The molecule has 0 saturated carbocycles. The van der Waals surface area contributed by atoms with E-state index < -0.39 is 44.4 Å². The molecule has 2 aromatic carbocycles. The third kappa shape index (κ3) is 3.45. The number of imide groups is 1. The summed E-state index contributed by atoms with van der Waals surface area (Å²) in [5.74, 6) is -2.25. The number of sulfonamides is 1. The standard InChI is InChI=1S/C22H19N3O7S/c26-20-18-17-10-11-22(32-17,19(18)21(27)24(20)12-14-4-2-1-3-5-14)13-23-33(30,31)16-8-6-15(7-9-16)25(28)29/h1-11,17-19,23H,12-13H2/t17-,18-,19-,22+/m0/s1. The van der Waals surface area contributed by atoms with Gasteiger partial charge < -0.3 is 4.74 Å². The van der Waals surface area contributed by atoms with Crippen molar-refractivity contribution in [2.75, 3.05) is 6.54 Å². The van der Waals surface area contributed by atoms with Gasteiger partial charge in [0.2, 0.25) is 21.8 Å². The first-order chi connectivity index (χ1) is 15.7. The average molecular weight is 469 g/mol. The number of fused-ring (bicyclic) bond motifs is 5. The van der Waals surface area contributed by atoms with Crippen molar-refractivity contribution in [2.45, 2.75) is 23.1 Å². The highest BCUT2D eigenvalue weighted by Crippen LogP contribution is 2.51. The van der Waals surface area contributed by atoms with Crippen LogP contribution in [0.1, 0.15) is 5.56 Å². The summed E-state index contributed by atoms with van der Waals surface area (Å²) in [4.78, 5) is 37.5. The molecule has 3 aliphatic rings. The zero-order valence-electron chi connectivity index (χ0n) is 17.2. The molecule has 2 saturated heterocycles. The van der Waals surface area contributed by atoms with Crippen LogP contribution < -0.4 is 4.72 Å². The van der Waals surface area contributed by atoms with Crippen LogP contribution in [0.15, 0.2) is 71.6 Å². The van der Waals surface area contributed by atoms with Crippen LogP contribution in [0.2, 0.25) is 0 Å². The van der Waals surface area contributed by atoms with Crippen molar-refractivity contribution in [1.82, 2.24) is 9.62 Å². The van der Waals surface area contributed by atoms with Crippen LogP contribution >= 0.6 is 0 Å². The van der Waals surface area contributed by atoms with Crippen LogP contribution in [-0.4, -0.2) is 48.3 Å². The van der Waals surface area contributed by atoms with E-state index in [1.54, 1.807) is 12.2 Å². The Morgan fingerprint density at radius 2 is 1.76 bits per heavy atom. The van der Waals surface area contributed by atoms with E-state index in [1.807, 2.05) is 30.3 Å². The number of hydrogen-bond donors (Lipinski definition) is 1. The molecule has 4 atom stereocenters. The van der Waals surface area contributed by atoms with Gasteiger partial charge in [0.25, 0.3) is 5.69 Å². The van der Waals surface area contributed by atoms with Crippen LogP contribution in [0.5, 0.6) is 0 Å². The molecule has 2 aromatic rings. The van der Waals surface area contributed by atoms with Gasteiger partial charge in [-0.3, -0.25) is 24.6 Å². The highest BCUT2D eigenvalue weighted by molar-refractivity contribution is 7.89.